The first kappa shape index (κ1) is 24.1. The number of carbonyl (C=O) groups is 1. The number of halogens is 3. The SMILES string of the molecule is Cc1nnn(Cc2cc(C(F)(F)F)ccc2C=CC(=O)N(C)CCCCc2cccnc2)n1. The minimum atomic E-state index is -4.48. The van der Waals surface area contributed by atoms with Crippen LogP contribution in [0, 0.1) is 6.92 Å². The van der Waals surface area contributed by atoms with Crippen molar-refractivity contribution in [3.8, 4) is 0 Å². The van der Waals surface area contributed by atoms with Crippen LogP contribution in [-0.4, -0.2) is 49.6 Å². The normalized spacial score (nSPS) is 11.8. The molecule has 10 heteroatoms. The molecule has 0 unspecified atom stereocenters. The van der Waals surface area contributed by atoms with Gasteiger partial charge in [0.1, 0.15) is 0 Å². The lowest BCUT2D eigenvalue weighted by molar-refractivity contribution is -0.137. The fourth-order valence-electron chi connectivity index (χ4n) is 3.25. The van der Waals surface area contributed by atoms with Crippen molar-refractivity contribution < 1.29 is 18.0 Å². The van der Waals surface area contributed by atoms with Gasteiger partial charge in [0, 0.05) is 32.1 Å². The molecule has 0 saturated carbocycles. The molecule has 33 heavy (non-hydrogen) atoms. The van der Waals surface area contributed by atoms with Gasteiger partial charge in [-0.15, -0.1) is 10.2 Å². The first-order valence-corrected chi connectivity index (χ1v) is 10.5. The number of benzene rings is 1. The van der Waals surface area contributed by atoms with Crippen LogP contribution >= 0.6 is 0 Å². The third-order valence-electron chi connectivity index (χ3n) is 5.05. The van der Waals surface area contributed by atoms with Crippen LogP contribution < -0.4 is 0 Å². The second-order valence-electron chi connectivity index (χ2n) is 7.69. The van der Waals surface area contributed by atoms with E-state index in [4.69, 9.17) is 0 Å². The summed E-state index contributed by atoms with van der Waals surface area (Å²) >= 11 is 0. The first-order chi connectivity index (χ1) is 15.7. The average Bonchev–Trinajstić information content (AvgIpc) is 3.20. The summed E-state index contributed by atoms with van der Waals surface area (Å²) < 4.78 is 39.6. The summed E-state index contributed by atoms with van der Waals surface area (Å²) in [4.78, 5) is 19.4. The number of alkyl halides is 3. The number of unbranched alkanes of at least 4 members (excludes halogenated alkanes) is 1. The molecule has 1 amide bonds. The van der Waals surface area contributed by atoms with Crippen LogP contribution in [0.3, 0.4) is 0 Å². The van der Waals surface area contributed by atoms with Crippen molar-refractivity contribution >= 4 is 12.0 Å². The van der Waals surface area contributed by atoms with E-state index in [0.717, 1.165) is 37.0 Å². The maximum Gasteiger partial charge on any atom is 0.416 e. The molecule has 0 radical (unpaired) electrons. The molecule has 0 spiro atoms. The largest absolute Gasteiger partial charge is 0.416 e. The molecule has 0 aliphatic carbocycles. The molecule has 7 nitrogen and oxygen atoms in total. The van der Waals surface area contributed by atoms with Crippen LogP contribution in [0.4, 0.5) is 13.2 Å². The van der Waals surface area contributed by atoms with Crippen molar-refractivity contribution in [3.05, 3.63) is 76.9 Å². The van der Waals surface area contributed by atoms with Gasteiger partial charge in [0.25, 0.3) is 0 Å². The van der Waals surface area contributed by atoms with Gasteiger partial charge in [-0.05, 0) is 72.4 Å². The standard InChI is InChI=1S/C23H25F3N6O/c1-17-28-30-32(29-17)16-20-14-21(23(24,25)26)10-8-19(20)9-11-22(33)31(2)13-4-3-6-18-7-5-12-27-15-18/h5,7-12,14-15H,3-4,6,13,16H2,1-2H3. The smallest absolute Gasteiger partial charge is 0.342 e. The van der Waals surface area contributed by atoms with Crippen LogP contribution in [0.15, 0.2) is 48.8 Å². The van der Waals surface area contributed by atoms with Crippen LogP contribution in [0.5, 0.6) is 0 Å². The molecular formula is C23H25F3N6O. The van der Waals surface area contributed by atoms with Crippen molar-refractivity contribution in [2.24, 2.45) is 0 Å². The molecule has 3 rings (SSSR count). The van der Waals surface area contributed by atoms with Crippen LogP contribution in [0.25, 0.3) is 6.08 Å². The van der Waals surface area contributed by atoms with E-state index < -0.39 is 11.7 Å². The molecule has 2 aromatic heterocycles. The van der Waals surface area contributed by atoms with E-state index in [0.29, 0.717) is 23.5 Å². The second-order valence-corrected chi connectivity index (χ2v) is 7.69. The third-order valence-corrected chi connectivity index (χ3v) is 5.05. The summed E-state index contributed by atoms with van der Waals surface area (Å²) in [7, 11) is 1.70. The predicted molar refractivity (Wildman–Crippen MR) is 117 cm³/mol. The number of hydrogen-bond acceptors (Lipinski definition) is 5. The zero-order valence-electron chi connectivity index (χ0n) is 18.5. The van der Waals surface area contributed by atoms with E-state index >= 15 is 0 Å². The van der Waals surface area contributed by atoms with Gasteiger partial charge in [-0.2, -0.15) is 18.0 Å². The number of tetrazole rings is 1. The Balaban J connectivity index is 1.63. The number of likely N-dealkylation sites (N-methyl/N-ethyl adjacent to an activating group) is 1. The molecule has 3 aromatic rings. The number of pyridine rings is 1. The zero-order chi connectivity index (χ0) is 23.8. The maximum atomic E-state index is 13.2. The molecule has 2 heterocycles. The Morgan fingerprint density at radius 1 is 1.21 bits per heavy atom. The molecule has 0 N–H and O–H groups in total. The van der Waals surface area contributed by atoms with Crippen LogP contribution in [0.1, 0.15) is 40.9 Å². The average molecular weight is 458 g/mol. The predicted octanol–water partition coefficient (Wildman–Crippen LogP) is 3.94. The summed E-state index contributed by atoms with van der Waals surface area (Å²) in [6.45, 7) is 2.22. The molecule has 0 bridgehead atoms. The number of aromatic nitrogens is 5. The quantitative estimate of drug-likeness (QED) is 0.359. The van der Waals surface area contributed by atoms with E-state index in [9.17, 15) is 18.0 Å². The Kier molecular flexibility index (Phi) is 7.92. The number of carbonyl (C=O) groups excluding carboxylic acids is 1. The summed E-state index contributed by atoms with van der Waals surface area (Å²) in [6, 6.07) is 7.30. The molecule has 0 fully saturated rings. The van der Waals surface area contributed by atoms with Gasteiger partial charge in [0.05, 0.1) is 12.1 Å². The Bertz CT molecular complexity index is 1100. The number of nitrogens with zero attached hydrogens (tertiary/aromatic N) is 6. The number of hydrogen-bond donors (Lipinski definition) is 0. The zero-order valence-corrected chi connectivity index (χ0v) is 18.5. The topological polar surface area (TPSA) is 76.8 Å². The lowest BCUT2D eigenvalue weighted by Gasteiger charge is -2.15. The van der Waals surface area contributed by atoms with Crippen molar-refractivity contribution in [1.82, 2.24) is 30.1 Å². The monoisotopic (exact) mass is 458 g/mol. The second kappa shape index (κ2) is 10.8. The van der Waals surface area contributed by atoms with Crippen molar-refractivity contribution in [2.45, 2.75) is 38.9 Å². The lowest BCUT2D eigenvalue weighted by atomic mass is 10.0. The van der Waals surface area contributed by atoms with Crippen LogP contribution in [-0.2, 0) is 23.9 Å². The molecular weight excluding hydrogens is 433 g/mol. The van der Waals surface area contributed by atoms with Gasteiger partial charge in [-0.3, -0.25) is 9.78 Å². The van der Waals surface area contributed by atoms with Gasteiger partial charge in [-0.25, -0.2) is 0 Å². The number of rotatable bonds is 9. The lowest BCUT2D eigenvalue weighted by Crippen LogP contribution is -2.25. The van der Waals surface area contributed by atoms with Crippen molar-refractivity contribution in [1.29, 1.82) is 0 Å². The molecule has 1 aromatic carbocycles. The summed E-state index contributed by atoms with van der Waals surface area (Å²) in [5.41, 5.74) is 1.20. The highest BCUT2D eigenvalue weighted by atomic mass is 19.4. The Morgan fingerprint density at radius 3 is 2.70 bits per heavy atom. The highest BCUT2D eigenvalue weighted by Crippen LogP contribution is 2.31. The molecule has 0 saturated heterocycles. The maximum absolute atomic E-state index is 13.2. The van der Waals surface area contributed by atoms with Gasteiger partial charge in [-0.1, -0.05) is 12.1 Å². The van der Waals surface area contributed by atoms with Crippen molar-refractivity contribution in [3.63, 3.8) is 0 Å². The summed E-state index contributed by atoms with van der Waals surface area (Å²) in [5.74, 6) is 0.191. The first-order valence-electron chi connectivity index (χ1n) is 10.5. The van der Waals surface area contributed by atoms with E-state index in [1.807, 2.05) is 18.3 Å². The summed E-state index contributed by atoms with van der Waals surface area (Å²) in [5, 5.41) is 11.6. The molecule has 0 aliphatic rings. The number of aryl methyl sites for hydroxylation is 2. The van der Waals surface area contributed by atoms with Gasteiger partial charge < -0.3 is 4.90 Å². The van der Waals surface area contributed by atoms with E-state index in [2.05, 4.69) is 20.4 Å². The Hall–Kier alpha value is -3.56. The fraction of sp³-hybridized carbons (Fsp3) is 0.348. The Morgan fingerprint density at radius 2 is 2.03 bits per heavy atom. The minimum Gasteiger partial charge on any atom is -0.342 e. The van der Waals surface area contributed by atoms with Crippen LogP contribution in [0.2, 0.25) is 0 Å². The van der Waals surface area contributed by atoms with E-state index in [-0.39, 0.29) is 12.5 Å². The molecule has 0 atom stereocenters. The molecule has 174 valence electrons. The summed E-state index contributed by atoms with van der Waals surface area (Å²) in [6.07, 6.45) is 4.60. The van der Waals surface area contributed by atoms with E-state index in [1.165, 1.54) is 23.0 Å². The Labute approximate surface area is 189 Å². The van der Waals surface area contributed by atoms with Gasteiger partial charge >= 0.3 is 6.18 Å². The van der Waals surface area contributed by atoms with E-state index in [1.54, 1.807) is 25.1 Å². The number of amides is 1. The highest BCUT2D eigenvalue weighted by Gasteiger charge is 2.31. The minimum absolute atomic E-state index is 0.00278. The highest BCUT2D eigenvalue weighted by molar-refractivity contribution is 5.91. The fourth-order valence-corrected chi connectivity index (χ4v) is 3.25. The van der Waals surface area contributed by atoms with Gasteiger partial charge in [0.15, 0.2) is 5.82 Å². The van der Waals surface area contributed by atoms with Crippen molar-refractivity contribution in [2.75, 3.05) is 13.6 Å². The third kappa shape index (κ3) is 7.23. The molecule has 0 aliphatic heterocycles. The van der Waals surface area contributed by atoms with Gasteiger partial charge in [0.2, 0.25) is 5.91 Å².